The molecule has 0 unspecified atom stereocenters. The second kappa shape index (κ2) is 11.1. The molecule has 9 heteroatoms. The fourth-order valence-corrected chi connectivity index (χ4v) is 4.30. The minimum absolute atomic E-state index is 0. The van der Waals surface area contributed by atoms with Gasteiger partial charge in [-0.25, -0.2) is 8.42 Å². The molecule has 3 rings (SSSR count). The van der Waals surface area contributed by atoms with E-state index < -0.39 is 9.84 Å². The number of sulfone groups is 1. The van der Waals surface area contributed by atoms with Gasteiger partial charge in [0, 0.05) is 47.8 Å². The lowest BCUT2D eigenvalue weighted by atomic mass is 9.88. The van der Waals surface area contributed by atoms with Gasteiger partial charge < -0.3 is 10.6 Å². The first-order chi connectivity index (χ1) is 13.2. The standard InChI is InChI=1S/C21H27N3O3S.2ClH/c1-15-4-3-5-17(23-15)10-13-24-11-8-16(9-12-24)21(25)19-7-6-18(14-20(19)22)28(2,26)27;;/h3-7,14,16H,8-13,22H2,1-2H3;2*1H. The summed E-state index contributed by atoms with van der Waals surface area (Å²) in [5, 5.41) is 0. The summed E-state index contributed by atoms with van der Waals surface area (Å²) in [5.74, 6) is -0.0581. The molecule has 1 aromatic heterocycles. The summed E-state index contributed by atoms with van der Waals surface area (Å²) in [6, 6.07) is 10.5. The summed E-state index contributed by atoms with van der Waals surface area (Å²) in [6.07, 6.45) is 3.60. The zero-order valence-corrected chi connectivity index (χ0v) is 19.7. The number of carbonyl (C=O) groups is 1. The molecular weight excluding hydrogens is 445 g/mol. The Hall–Kier alpha value is -1.67. The Bertz CT molecular complexity index is 975. The van der Waals surface area contributed by atoms with Crippen LogP contribution in [-0.4, -0.2) is 50.0 Å². The van der Waals surface area contributed by atoms with Crippen molar-refractivity contribution in [3.8, 4) is 0 Å². The minimum Gasteiger partial charge on any atom is -0.398 e. The number of carbonyl (C=O) groups excluding carboxylic acids is 1. The van der Waals surface area contributed by atoms with E-state index >= 15 is 0 Å². The number of nitrogen functional groups attached to an aromatic ring is 1. The molecule has 1 aromatic carbocycles. The van der Waals surface area contributed by atoms with Crippen molar-refractivity contribution in [3.05, 3.63) is 53.3 Å². The van der Waals surface area contributed by atoms with Crippen LogP contribution in [0.5, 0.6) is 0 Å². The van der Waals surface area contributed by atoms with Crippen molar-refractivity contribution in [2.24, 2.45) is 5.92 Å². The van der Waals surface area contributed by atoms with Crippen molar-refractivity contribution < 1.29 is 13.2 Å². The number of hydrogen-bond acceptors (Lipinski definition) is 6. The predicted molar refractivity (Wildman–Crippen MR) is 125 cm³/mol. The number of halogens is 2. The zero-order valence-electron chi connectivity index (χ0n) is 17.2. The van der Waals surface area contributed by atoms with Gasteiger partial charge in [-0.05, 0) is 63.2 Å². The second-order valence-electron chi connectivity index (χ2n) is 7.52. The average Bonchev–Trinajstić information content (AvgIpc) is 2.65. The number of hydrogen-bond donors (Lipinski definition) is 1. The number of benzene rings is 1. The summed E-state index contributed by atoms with van der Waals surface area (Å²) in [6.45, 7) is 4.66. The summed E-state index contributed by atoms with van der Waals surface area (Å²) in [7, 11) is -3.34. The number of Topliss-reactive ketones (excluding diaryl/α,β-unsaturated/α-hetero) is 1. The largest absolute Gasteiger partial charge is 0.398 e. The Morgan fingerprint density at radius 3 is 2.40 bits per heavy atom. The highest BCUT2D eigenvalue weighted by atomic mass is 35.5. The molecule has 0 amide bonds. The fraction of sp³-hybridized carbons (Fsp3) is 0.429. The Balaban J connectivity index is 0.00000225. The van der Waals surface area contributed by atoms with Crippen LogP contribution in [0.15, 0.2) is 41.3 Å². The highest BCUT2D eigenvalue weighted by Crippen LogP contribution is 2.26. The quantitative estimate of drug-likeness (QED) is 0.510. The predicted octanol–water partition coefficient (Wildman–Crippen LogP) is 3.36. The molecule has 0 spiro atoms. The minimum atomic E-state index is -3.34. The molecule has 1 saturated heterocycles. The van der Waals surface area contributed by atoms with Crippen molar-refractivity contribution in [1.29, 1.82) is 0 Å². The van der Waals surface area contributed by atoms with Crippen molar-refractivity contribution in [2.75, 3.05) is 31.6 Å². The van der Waals surface area contributed by atoms with Gasteiger partial charge in [0.05, 0.1) is 4.90 Å². The van der Waals surface area contributed by atoms with Crippen LogP contribution in [-0.2, 0) is 16.3 Å². The lowest BCUT2D eigenvalue weighted by Crippen LogP contribution is -2.37. The number of rotatable bonds is 6. The van der Waals surface area contributed by atoms with Gasteiger partial charge in [0.15, 0.2) is 15.6 Å². The molecule has 0 radical (unpaired) electrons. The summed E-state index contributed by atoms with van der Waals surface area (Å²) in [4.78, 5) is 19.9. The van der Waals surface area contributed by atoms with E-state index in [0.29, 0.717) is 5.56 Å². The van der Waals surface area contributed by atoms with Crippen LogP contribution in [0.3, 0.4) is 0 Å². The number of piperidine rings is 1. The maximum atomic E-state index is 12.8. The van der Waals surface area contributed by atoms with Gasteiger partial charge in [0.2, 0.25) is 0 Å². The monoisotopic (exact) mass is 473 g/mol. The molecule has 0 aliphatic carbocycles. The smallest absolute Gasteiger partial charge is 0.175 e. The molecule has 2 heterocycles. The third kappa shape index (κ3) is 6.67. The third-order valence-electron chi connectivity index (χ3n) is 5.31. The van der Waals surface area contributed by atoms with E-state index in [1.165, 1.54) is 12.1 Å². The normalized spacial score (nSPS) is 15.1. The average molecular weight is 474 g/mol. The van der Waals surface area contributed by atoms with E-state index in [0.717, 1.165) is 56.5 Å². The molecule has 1 aliphatic heterocycles. The maximum Gasteiger partial charge on any atom is 0.175 e. The third-order valence-corrected chi connectivity index (χ3v) is 6.42. The van der Waals surface area contributed by atoms with Crippen molar-refractivity contribution >= 4 is 46.1 Å². The van der Waals surface area contributed by atoms with Crippen LogP contribution >= 0.6 is 24.8 Å². The number of nitrogens with two attached hydrogens (primary N) is 1. The van der Waals surface area contributed by atoms with Crippen LogP contribution < -0.4 is 5.73 Å². The molecule has 1 aliphatic rings. The first-order valence-corrected chi connectivity index (χ1v) is 11.4. The summed E-state index contributed by atoms with van der Waals surface area (Å²) in [5.41, 5.74) is 8.76. The van der Waals surface area contributed by atoms with Crippen molar-refractivity contribution in [2.45, 2.75) is 31.1 Å². The van der Waals surface area contributed by atoms with Crippen molar-refractivity contribution in [3.63, 3.8) is 0 Å². The first-order valence-electron chi connectivity index (χ1n) is 9.53. The van der Waals surface area contributed by atoms with Crippen LogP contribution in [0.4, 0.5) is 5.69 Å². The number of aromatic nitrogens is 1. The molecule has 6 nitrogen and oxygen atoms in total. The van der Waals surface area contributed by atoms with Gasteiger partial charge in [-0.1, -0.05) is 6.07 Å². The Kier molecular flexibility index (Phi) is 9.75. The van der Waals surface area contributed by atoms with E-state index in [9.17, 15) is 13.2 Å². The van der Waals surface area contributed by atoms with E-state index in [1.54, 1.807) is 6.07 Å². The molecule has 2 aromatic rings. The highest BCUT2D eigenvalue weighted by molar-refractivity contribution is 7.90. The SMILES string of the molecule is Cc1cccc(CCN2CCC(C(=O)c3ccc(S(C)(=O)=O)cc3N)CC2)n1.Cl.Cl. The van der Waals surface area contributed by atoms with E-state index in [2.05, 4.69) is 9.88 Å². The molecule has 30 heavy (non-hydrogen) atoms. The Labute approximate surface area is 191 Å². The lowest BCUT2D eigenvalue weighted by Gasteiger charge is -2.31. The van der Waals surface area contributed by atoms with Gasteiger partial charge in [0.1, 0.15) is 0 Å². The molecule has 166 valence electrons. The highest BCUT2D eigenvalue weighted by Gasteiger charge is 2.27. The number of aryl methyl sites for hydroxylation is 1. The van der Waals surface area contributed by atoms with Crippen LogP contribution in [0.2, 0.25) is 0 Å². The Morgan fingerprint density at radius 1 is 1.17 bits per heavy atom. The van der Waals surface area contributed by atoms with Crippen LogP contribution in [0.1, 0.15) is 34.6 Å². The molecule has 0 bridgehead atoms. The van der Waals surface area contributed by atoms with Crippen LogP contribution in [0.25, 0.3) is 0 Å². The number of likely N-dealkylation sites (tertiary alicyclic amines) is 1. The van der Waals surface area contributed by atoms with Gasteiger partial charge >= 0.3 is 0 Å². The Morgan fingerprint density at radius 2 is 1.83 bits per heavy atom. The zero-order chi connectivity index (χ0) is 20.3. The molecule has 0 atom stereocenters. The number of ketones is 1. The van der Waals surface area contributed by atoms with E-state index in [1.807, 2.05) is 25.1 Å². The summed E-state index contributed by atoms with van der Waals surface area (Å²) >= 11 is 0. The molecule has 2 N–H and O–H groups in total. The number of pyridine rings is 1. The number of anilines is 1. The van der Waals surface area contributed by atoms with Crippen molar-refractivity contribution in [1.82, 2.24) is 9.88 Å². The van der Waals surface area contributed by atoms with Gasteiger partial charge in [-0.15, -0.1) is 24.8 Å². The summed E-state index contributed by atoms with van der Waals surface area (Å²) < 4.78 is 23.3. The molecular formula is C21H29Cl2N3O3S. The van der Waals surface area contributed by atoms with E-state index in [-0.39, 0.29) is 47.1 Å². The molecule has 0 saturated carbocycles. The lowest BCUT2D eigenvalue weighted by molar-refractivity contribution is 0.0841. The fourth-order valence-electron chi connectivity index (χ4n) is 3.65. The van der Waals surface area contributed by atoms with Gasteiger partial charge in [0.25, 0.3) is 0 Å². The number of nitrogens with zero attached hydrogens (tertiary/aromatic N) is 2. The topological polar surface area (TPSA) is 93.4 Å². The van der Waals surface area contributed by atoms with E-state index in [4.69, 9.17) is 5.73 Å². The first kappa shape index (κ1) is 26.4. The maximum absolute atomic E-state index is 12.8. The molecule has 1 fully saturated rings. The van der Waals surface area contributed by atoms with Crippen LogP contribution in [0, 0.1) is 12.8 Å². The van der Waals surface area contributed by atoms with Gasteiger partial charge in [-0.3, -0.25) is 9.78 Å². The second-order valence-corrected chi connectivity index (χ2v) is 9.54. The van der Waals surface area contributed by atoms with Gasteiger partial charge in [-0.2, -0.15) is 0 Å².